The van der Waals surface area contributed by atoms with Crippen LogP contribution < -0.4 is 10.5 Å². The Balaban J connectivity index is 2.92. The van der Waals surface area contributed by atoms with Crippen molar-refractivity contribution in [3.05, 3.63) is 28.2 Å². The Labute approximate surface area is 126 Å². The van der Waals surface area contributed by atoms with E-state index in [1.54, 1.807) is 25.1 Å². The highest BCUT2D eigenvalue weighted by Crippen LogP contribution is 2.22. The van der Waals surface area contributed by atoms with E-state index in [-0.39, 0.29) is 17.3 Å². The van der Waals surface area contributed by atoms with Crippen molar-refractivity contribution in [2.75, 3.05) is 23.7 Å². The van der Waals surface area contributed by atoms with Crippen LogP contribution in [0, 0.1) is 0 Å². The molecule has 0 unspecified atom stereocenters. The minimum atomic E-state index is -3.49. The van der Waals surface area contributed by atoms with Crippen molar-refractivity contribution >= 4 is 48.8 Å². The smallest absolute Gasteiger partial charge is 0.235 e. The third kappa shape index (κ3) is 5.43. The molecule has 0 saturated heterocycles. The molecule has 0 aliphatic carbocycles. The van der Waals surface area contributed by atoms with Crippen molar-refractivity contribution in [2.24, 2.45) is 5.73 Å². The van der Waals surface area contributed by atoms with Crippen LogP contribution in [0.15, 0.2) is 22.7 Å². The summed E-state index contributed by atoms with van der Waals surface area (Å²) < 4.78 is 32.0. The highest BCUT2D eigenvalue weighted by molar-refractivity contribution is 9.10. The van der Waals surface area contributed by atoms with E-state index < -0.39 is 10.0 Å². The van der Waals surface area contributed by atoms with Gasteiger partial charge in [-0.1, -0.05) is 28.1 Å². The van der Waals surface area contributed by atoms with E-state index in [1.807, 2.05) is 0 Å². The number of nitrogens with two attached hydrogens (primary N) is 1. The van der Waals surface area contributed by atoms with Crippen molar-refractivity contribution in [1.29, 1.82) is 0 Å². The third-order valence-electron chi connectivity index (χ3n) is 2.21. The summed E-state index contributed by atoms with van der Waals surface area (Å²) in [5.74, 6) is -0.121. The van der Waals surface area contributed by atoms with Crippen LogP contribution in [-0.2, 0) is 14.8 Å². The summed E-state index contributed by atoms with van der Waals surface area (Å²) in [6.07, 6.45) is 0. The number of benzene rings is 1. The zero-order chi connectivity index (χ0) is 14.5. The SMILES string of the molecule is CCOCCS(=O)(=O)Nc1cc(Br)ccc1C(N)=S. The van der Waals surface area contributed by atoms with Crippen molar-refractivity contribution in [3.8, 4) is 0 Å². The van der Waals surface area contributed by atoms with Gasteiger partial charge in [-0.25, -0.2) is 8.42 Å². The first-order valence-corrected chi connectivity index (χ1v) is 8.38. The van der Waals surface area contributed by atoms with Gasteiger partial charge < -0.3 is 10.5 Å². The first-order chi connectivity index (χ1) is 8.85. The van der Waals surface area contributed by atoms with Gasteiger partial charge in [0.05, 0.1) is 18.0 Å². The first-order valence-electron chi connectivity index (χ1n) is 5.53. The second-order valence-corrected chi connectivity index (χ2v) is 6.87. The van der Waals surface area contributed by atoms with Crippen molar-refractivity contribution in [1.82, 2.24) is 0 Å². The topological polar surface area (TPSA) is 81.4 Å². The zero-order valence-electron chi connectivity index (χ0n) is 10.3. The second kappa shape index (κ2) is 7.18. The molecule has 0 saturated carbocycles. The Kier molecular flexibility index (Phi) is 6.18. The Morgan fingerprint density at radius 1 is 1.53 bits per heavy atom. The number of rotatable bonds is 7. The lowest BCUT2D eigenvalue weighted by Gasteiger charge is -2.12. The van der Waals surface area contributed by atoms with Gasteiger partial charge in [0.2, 0.25) is 10.0 Å². The summed E-state index contributed by atoms with van der Waals surface area (Å²) in [7, 11) is -3.49. The highest BCUT2D eigenvalue weighted by atomic mass is 79.9. The zero-order valence-corrected chi connectivity index (χ0v) is 13.6. The number of hydrogen-bond donors (Lipinski definition) is 2. The molecule has 3 N–H and O–H groups in total. The molecule has 5 nitrogen and oxygen atoms in total. The Bertz CT molecular complexity index is 561. The van der Waals surface area contributed by atoms with Crippen LogP contribution in [0.3, 0.4) is 0 Å². The molecule has 0 bridgehead atoms. The van der Waals surface area contributed by atoms with E-state index in [9.17, 15) is 8.42 Å². The number of halogens is 1. The molecular weight excluding hydrogens is 352 g/mol. The summed E-state index contributed by atoms with van der Waals surface area (Å²) in [5.41, 5.74) is 6.41. The number of thiocarbonyl (C=S) groups is 1. The molecule has 1 aromatic rings. The predicted molar refractivity (Wildman–Crippen MR) is 83.9 cm³/mol. The normalized spacial score (nSPS) is 11.3. The third-order valence-corrected chi connectivity index (χ3v) is 4.16. The first kappa shape index (κ1) is 16.4. The van der Waals surface area contributed by atoms with Gasteiger partial charge in [0.1, 0.15) is 4.99 Å². The molecule has 0 atom stereocenters. The maximum absolute atomic E-state index is 11.9. The Morgan fingerprint density at radius 3 is 2.79 bits per heavy atom. The average molecular weight is 367 g/mol. The highest BCUT2D eigenvalue weighted by Gasteiger charge is 2.14. The molecule has 0 amide bonds. The predicted octanol–water partition coefficient (Wildman–Crippen LogP) is 1.86. The minimum Gasteiger partial charge on any atom is -0.389 e. The maximum atomic E-state index is 11.9. The number of anilines is 1. The van der Waals surface area contributed by atoms with Crippen LogP contribution >= 0.6 is 28.1 Å². The number of sulfonamides is 1. The van der Waals surface area contributed by atoms with E-state index in [0.717, 1.165) is 4.47 Å². The van der Waals surface area contributed by atoms with Gasteiger partial charge in [0.25, 0.3) is 0 Å². The monoisotopic (exact) mass is 366 g/mol. The van der Waals surface area contributed by atoms with E-state index >= 15 is 0 Å². The van der Waals surface area contributed by atoms with Crippen LogP contribution in [0.1, 0.15) is 12.5 Å². The van der Waals surface area contributed by atoms with Gasteiger partial charge in [-0.05, 0) is 25.1 Å². The van der Waals surface area contributed by atoms with E-state index in [0.29, 0.717) is 17.9 Å². The van der Waals surface area contributed by atoms with Gasteiger partial charge in [-0.2, -0.15) is 0 Å². The standard InChI is InChI=1S/C11H15BrN2O3S2/c1-2-17-5-6-19(15,16)14-10-7-8(12)3-4-9(10)11(13)18/h3-4,7,14H,2,5-6H2,1H3,(H2,13,18). The average Bonchev–Trinajstić information content (AvgIpc) is 2.28. The maximum Gasteiger partial charge on any atom is 0.235 e. The van der Waals surface area contributed by atoms with E-state index in [1.165, 1.54) is 0 Å². The van der Waals surface area contributed by atoms with Crippen molar-refractivity contribution in [2.45, 2.75) is 6.92 Å². The molecule has 0 radical (unpaired) electrons. The molecular formula is C11H15BrN2O3S2. The van der Waals surface area contributed by atoms with Gasteiger partial charge in [-0.3, -0.25) is 4.72 Å². The van der Waals surface area contributed by atoms with E-state index in [2.05, 4.69) is 20.7 Å². The fraction of sp³-hybridized carbons (Fsp3) is 0.364. The fourth-order valence-corrected chi connectivity index (χ4v) is 2.83. The van der Waals surface area contributed by atoms with Crippen molar-refractivity contribution < 1.29 is 13.2 Å². The molecule has 0 spiro atoms. The van der Waals surface area contributed by atoms with Crippen LogP contribution in [0.25, 0.3) is 0 Å². The van der Waals surface area contributed by atoms with Crippen LogP contribution in [0.2, 0.25) is 0 Å². The molecule has 0 aliphatic rings. The Hall–Kier alpha value is -0.700. The summed E-state index contributed by atoms with van der Waals surface area (Å²) in [6.45, 7) is 2.42. The van der Waals surface area contributed by atoms with E-state index in [4.69, 9.17) is 22.7 Å². The molecule has 0 aliphatic heterocycles. The number of hydrogen-bond acceptors (Lipinski definition) is 4. The lowest BCUT2D eigenvalue weighted by Crippen LogP contribution is -2.22. The molecule has 0 heterocycles. The summed E-state index contributed by atoms with van der Waals surface area (Å²) in [4.78, 5) is 0.134. The van der Waals surface area contributed by atoms with Gasteiger partial charge in [0, 0.05) is 16.6 Å². The van der Waals surface area contributed by atoms with Crippen LogP contribution in [-0.4, -0.2) is 32.4 Å². The quantitative estimate of drug-likeness (QED) is 0.568. The van der Waals surface area contributed by atoms with Gasteiger partial charge in [0.15, 0.2) is 0 Å². The molecule has 19 heavy (non-hydrogen) atoms. The number of ether oxygens (including phenoxy) is 1. The number of nitrogens with one attached hydrogen (secondary N) is 1. The Morgan fingerprint density at radius 2 is 2.21 bits per heavy atom. The molecule has 106 valence electrons. The largest absolute Gasteiger partial charge is 0.389 e. The van der Waals surface area contributed by atoms with Gasteiger partial charge >= 0.3 is 0 Å². The molecule has 1 aromatic carbocycles. The summed E-state index contributed by atoms with van der Waals surface area (Å²) in [5, 5.41) is 0. The molecule has 0 fully saturated rings. The molecule has 0 aromatic heterocycles. The summed E-state index contributed by atoms with van der Waals surface area (Å²) in [6, 6.07) is 5.02. The minimum absolute atomic E-state index is 0.121. The molecule has 1 rings (SSSR count). The van der Waals surface area contributed by atoms with Gasteiger partial charge in [-0.15, -0.1) is 0 Å². The summed E-state index contributed by atoms with van der Waals surface area (Å²) >= 11 is 8.16. The fourth-order valence-electron chi connectivity index (χ4n) is 1.35. The second-order valence-electron chi connectivity index (χ2n) is 3.67. The molecule has 8 heteroatoms. The van der Waals surface area contributed by atoms with Crippen molar-refractivity contribution in [3.63, 3.8) is 0 Å². The lowest BCUT2D eigenvalue weighted by molar-refractivity contribution is 0.163. The van der Waals surface area contributed by atoms with Crippen LogP contribution in [0.4, 0.5) is 5.69 Å². The van der Waals surface area contributed by atoms with Crippen LogP contribution in [0.5, 0.6) is 0 Å². The lowest BCUT2D eigenvalue weighted by atomic mass is 10.2.